The van der Waals surface area contributed by atoms with Gasteiger partial charge in [0.05, 0.1) is 0 Å². The molecule has 2 heterocycles. The highest BCUT2D eigenvalue weighted by molar-refractivity contribution is 7.99. The Kier molecular flexibility index (Phi) is 3.96. The molecule has 1 aliphatic heterocycles. The van der Waals surface area contributed by atoms with E-state index in [9.17, 15) is 0 Å². The molecule has 0 saturated carbocycles. The van der Waals surface area contributed by atoms with Crippen LogP contribution in [-0.4, -0.2) is 5.75 Å². The van der Waals surface area contributed by atoms with Gasteiger partial charge in [-0.15, -0.1) is 23.1 Å². The van der Waals surface area contributed by atoms with Crippen LogP contribution in [0.4, 0.5) is 0 Å². The van der Waals surface area contributed by atoms with Gasteiger partial charge in [0.25, 0.3) is 0 Å². The summed E-state index contributed by atoms with van der Waals surface area (Å²) in [6, 6.07) is 14.1. The van der Waals surface area contributed by atoms with E-state index < -0.39 is 0 Å². The molecule has 1 nitrogen and oxygen atoms in total. The van der Waals surface area contributed by atoms with Crippen molar-refractivity contribution in [3.63, 3.8) is 0 Å². The Balaban J connectivity index is 1.81. The molecule has 2 aromatic rings. The normalized spacial score (nSPS) is 19.6. The van der Waals surface area contributed by atoms with Gasteiger partial charge in [-0.1, -0.05) is 38.1 Å². The molecule has 0 spiro atoms. The lowest BCUT2D eigenvalue weighted by atomic mass is 10.00. The van der Waals surface area contributed by atoms with Crippen molar-refractivity contribution in [2.24, 2.45) is 5.92 Å². The Labute approximate surface area is 123 Å². The van der Waals surface area contributed by atoms with Crippen LogP contribution in [0.25, 0.3) is 0 Å². The number of thioether (sulfide) groups is 1. The fourth-order valence-electron chi connectivity index (χ4n) is 2.59. The lowest BCUT2D eigenvalue weighted by Crippen LogP contribution is -2.29. The minimum atomic E-state index is 0.455. The van der Waals surface area contributed by atoms with E-state index in [1.165, 1.54) is 15.3 Å². The minimum absolute atomic E-state index is 0.455. The fraction of sp³-hybridized carbons (Fsp3) is 0.375. The molecule has 2 atom stereocenters. The van der Waals surface area contributed by atoms with Crippen LogP contribution in [0.15, 0.2) is 46.7 Å². The molecule has 0 amide bonds. The molecule has 3 rings (SSSR count). The van der Waals surface area contributed by atoms with E-state index in [4.69, 9.17) is 0 Å². The van der Waals surface area contributed by atoms with Crippen molar-refractivity contribution in [1.29, 1.82) is 0 Å². The van der Waals surface area contributed by atoms with Crippen LogP contribution in [-0.2, 0) is 0 Å². The summed E-state index contributed by atoms with van der Waals surface area (Å²) < 4.78 is 0. The number of hydrogen-bond acceptors (Lipinski definition) is 3. The number of nitrogens with one attached hydrogen (secondary N) is 1. The summed E-state index contributed by atoms with van der Waals surface area (Å²) in [5, 5.41) is 6.03. The maximum atomic E-state index is 3.86. The SMILES string of the molecule is CC(C)C(NC1CSc2ccccc21)c1cccs1. The molecule has 1 aliphatic rings. The minimum Gasteiger partial charge on any atom is -0.301 e. The van der Waals surface area contributed by atoms with Crippen LogP contribution in [0.2, 0.25) is 0 Å². The predicted octanol–water partition coefficient (Wildman–Crippen LogP) is 4.88. The maximum Gasteiger partial charge on any atom is 0.0443 e. The molecule has 0 bridgehead atoms. The third-order valence-corrected chi connectivity index (χ3v) is 5.74. The number of hydrogen-bond donors (Lipinski definition) is 1. The van der Waals surface area contributed by atoms with Gasteiger partial charge in [0.2, 0.25) is 0 Å². The van der Waals surface area contributed by atoms with Crippen molar-refractivity contribution in [2.45, 2.75) is 30.8 Å². The lowest BCUT2D eigenvalue weighted by molar-refractivity contribution is 0.382. The monoisotopic (exact) mass is 289 g/mol. The van der Waals surface area contributed by atoms with E-state index in [2.05, 4.69) is 60.9 Å². The molecule has 1 aromatic heterocycles. The zero-order valence-corrected chi connectivity index (χ0v) is 12.9. The Morgan fingerprint density at radius 3 is 2.74 bits per heavy atom. The summed E-state index contributed by atoms with van der Waals surface area (Å²) in [5.41, 5.74) is 1.47. The van der Waals surface area contributed by atoms with E-state index in [-0.39, 0.29) is 0 Å². The molecule has 0 saturated heterocycles. The Hall–Kier alpha value is -0.770. The zero-order valence-electron chi connectivity index (χ0n) is 11.3. The summed E-state index contributed by atoms with van der Waals surface area (Å²) in [5.74, 6) is 1.75. The van der Waals surface area contributed by atoms with Gasteiger partial charge >= 0.3 is 0 Å². The smallest absolute Gasteiger partial charge is 0.0443 e. The molecular formula is C16H19NS2. The van der Waals surface area contributed by atoms with Crippen LogP contribution < -0.4 is 5.32 Å². The molecule has 0 aliphatic carbocycles. The van der Waals surface area contributed by atoms with Crippen LogP contribution >= 0.6 is 23.1 Å². The molecule has 3 heteroatoms. The Morgan fingerprint density at radius 2 is 2.00 bits per heavy atom. The van der Waals surface area contributed by atoms with Crippen LogP contribution in [0.5, 0.6) is 0 Å². The average Bonchev–Trinajstić information content (AvgIpc) is 3.05. The summed E-state index contributed by atoms with van der Waals surface area (Å²) in [6.07, 6.45) is 0. The Bertz CT molecular complexity index is 533. The van der Waals surface area contributed by atoms with Gasteiger partial charge in [0, 0.05) is 27.6 Å². The van der Waals surface area contributed by atoms with Crippen LogP contribution in [0.1, 0.15) is 36.4 Å². The second-order valence-corrected chi connectivity index (χ2v) is 7.35. The number of thiophene rings is 1. The molecule has 0 radical (unpaired) electrons. The van der Waals surface area contributed by atoms with E-state index in [1.54, 1.807) is 0 Å². The summed E-state index contributed by atoms with van der Waals surface area (Å²) >= 11 is 3.82. The van der Waals surface area contributed by atoms with E-state index in [0.717, 1.165) is 5.75 Å². The van der Waals surface area contributed by atoms with Gasteiger partial charge in [-0.05, 0) is 29.0 Å². The van der Waals surface area contributed by atoms with E-state index in [0.29, 0.717) is 18.0 Å². The molecule has 2 unspecified atom stereocenters. The molecule has 1 N–H and O–H groups in total. The van der Waals surface area contributed by atoms with Crippen LogP contribution in [0.3, 0.4) is 0 Å². The van der Waals surface area contributed by atoms with Crippen LogP contribution in [0, 0.1) is 5.92 Å². The van der Waals surface area contributed by atoms with Crippen molar-refractivity contribution >= 4 is 23.1 Å². The predicted molar refractivity (Wildman–Crippen MR) is 84.9 cm³/mol. The van der Waals surface area contributed by atoms with Gasteiger partial charge in [0.1, 0.15) is 0 Å². The number of fused-ring (bicyclic) bond motifs is 1. The second-order valence-electron chi connectivity index (χ2n) is 5.31. The summed E-state index contributed by atoms with van der Waals surface area (Å²) in [7, 11) is 0. The van der Waals surface area contributed by atoms with Gasteiger partial charge < -0.3 is 5.32 Å². The quantitative estimate of drug-likeness (QED) is 0.860. The van der Waals surface area contributed by atoms with Gasteiger partial charge in [-0.3, -0.25) is 0 Å². The zero-order chi connectivity index (χ0) is 13.2. The Morgan fingerprint density at radius 1 is 1.16 bits per heavy atom. The highest BCUT2D eigenvalue weighted by atomic mass is 32.2. The average molecular weight is 289 g/mol. The first-order valence-corrected chi connectivity index (χ1v) is 8.63. The number of rotatable bonds is 4. The molecular weight excluding hydrogens is 270 g/mol. The molecule has 100 valence electrons. The third-order valence-electron chi connectivity index (χ3n) is 3.60. The molecule has 0 fully saturated rings. The van der Waals surface area contributed by atoms with Crippen molar-refractivity contribution in [3.05, 3.63) is 52.2 Å². The summed E-state index contributed by atoms with van der Waals surface area (Å²) in [6.45, 7) is 4.59. The van der Waals surface area contributed by atoms with Gasteiger partial charge in [-0.25, -0.2) is 0 Å². The fourth-order valence-corrected chi connectivity index (χ4v) is 4.72. The molecule has 19 heavy (non-hydrogen) atoms. The second kappa shape index (κ2) is 5.70. The van der Waals surface area contributed by atoms with Crippen molar-refractivity contribution in [3.8, 4) is 0 Å². The highest BCUT2D eigenvalue weighted by Gasteiger charge is 2.27. The molecule has 1 aromatic carbocycles. The standard InChI is InChI=1S/C16H19NS2/c1-11(2)16(15-8-5-9-18-15)17-13-10-19-14-7-4-3-6-12(13)14/h3-9,11,13,16-17H,10H2,1-2H3. The van der Waals surface area contributed by atoms with E-state index in [1.807, 2.05) is 23.1 Å². The topological polar surface area (TPSA) is 12.0 Å². The van der Waals surface area contributed by atoms with Crippen molar-refractivity contribution in [1.82, 2.24) is 5.32 Å². The third kappa shape index (κ3) is 2.73. The maximum absolute atomic E-state index is 3.86. The first-order chi connectivity index (χ1) is 9.25. The first-order valence-electron chi connectivity index (χ1n) is 6.77. The lowest BCUT2D eigenvalue weighted by Gasteiger charge is -2.25. The van der Waals surface area contributed by atoms with Crippen molar-refractivity contribution in [2.75, 3.05) is 5.75 Å². The van der Waals surface area contributed by atoms with Gasteiger partial charge in [-0.2, -0.15) is 0 Å². The number of benzene rings is 1. The first kappa shape index (κ1) is 13.2. The van der Waals surface area contributed by atoms with Crippen molar-refractivity contribution < 1.29 is 0 Å². The van der Waals surface area contributed by atoms with E-state index >= 15 is 0 Å². The largest absolute Gasteiger partial charge is 0.301 e. The highest BCUT2D eigenvalue weighted by Crippen LogP contribution is 2.40. The summed E-state index contributed by atoms with van der Waals surface area (Å²) in [4.78, 5) is 2.89. The van der Waals surface area contributed by atoms with Gasteiger partial charge in [0.15, 0.2) is 0 Å².